The van der Waals surface area contributed by atoms with Crippen LogP contribution < -0.4 is 15.5 Å². The number of ether oxygens (including phenoxy) is 1. The van der Waals surface area contributed by atoms with Gasteiger partial charge in [0.25, 0.3) is 0 Å². The van der Waals surface area contributed by atoms with Crippen molar-refractivity contribution in [3.05, 3.63) is 12.4 Å². The third-order valence-electron chi connectivity index (χ3n) is 3.64. The zero-order valence-electron chi connectivity index (χ0n) is 12.0. The summed E-state index contributed by atoms with van der Waals surface area (Å²) < 4.78 is 5.33. The van der Waals surface area contributed by atoms with Crippen molar-refractivity contribution in [1.82, 2.24) is 15.3 Å². The fraction of sp³-hybridized carbons (Fsp3) is 0.692. The van der Waals surface area contributed by atoms with Crippen LogP contribution in [-0.4, -0.2) is 55.4 Å². The number of hydrogen-bond donors (Lipinski definition) is 2. The molecule has 2 saturated heterocycles. The van der Waals surface area contributed by atoms with Gasteiger partial charge in [0.2, 0.25) is 5.95 Å². The van der Waals surface area contributed by atoms with Crippen molar-refractivity contribution < 1.29 is 4.74 Å². The number of hydrogen-bond acceptors (Lipinski definition) is 6. The van der Waals surface area contributed by atoms with Crippen LogP contribution in [0.1, 0.15) is 12.8 Å². The van der Waals surface area contributed by atoms with Gasteiger partial charge in [-0.3, -0.25) is 0 Å². The summed E-state index contributed by atoms with van der Waals surface area (Å²) in [7, 11) is 0. The number of nitrogens with one attached hydrogen (secondary N) is 2. The van der Waals surface area contributed by atoms with Crippen LogP contribution in [0.4, 0.5) is 11.6 Å². The fourth-order valence-corrected chi connectivity index (χ4v) is 2.52. The Balaban J connectivity index is 0.00000110. The lowest BCUT2D eigenvalue weighted by Crippen LogP contribution is -2.37. The van der Waals surface area contributed by atoms with E-state index in [4.69, 9.17) is 4.74 Å². The highest BCUT2D eigenvalue weighted by Gasteiger charge is 2.15. The Hall–Kier alpha value is -0.820. The second-order valence-electron chi connectivity index (χ2n) is 5.04. The molecule has 1 aromatic heterocycles. The Morgan fingerprint density at radius 2 is 1.71 bits per heavy atom. The first-order valence-electron chi connectivity index (χ1n) is 7.04. The zero-order chi connectivity index (χ0) is 12.9. The predicted molar refractivity (Wildman–Crippen MR) is 89.1 cm³/mol. The maximum Gasteiger partial charge on any atom is 0.225 e. The number of halogens is 2. The second-order valence-corrected chi connectivity index (χ2v) is 5.04. The molecule has 3 rings (SSSR count). The van der Waals surface area contributed by atoms with Crippen molar-refractivity contribution in [2.75, 3.05) is 49.6 Å². The van der Waals surface area contributed by atoms with Crippen LogP contribution in [0.2, 0.25) is 0 Å². The fourth-order valence-electron chi connectivity index (χ4n) is 2.52. The molecular weight excluding hydrogens is 313 g/mol. The first-order chi connectivity index (χ1) is 9.42. The molecule has 6 nitrogen and oxygen atoms in total. The lowest BCUT2D eigenvalue weighted by Gasteiger charge is -2.27. The number of rotatable bonds is 3. The molecule has 0 amide bonds. The van der Waals surface area contributed by atoms with Gasteiger partial charge in [-0.15, -0.1) is 24.8 Å². The van der Waals surface area contributed by atoms with Gasteiger partial charge in [0.1, 0.15) is 0 Å². The first kappa shape index (κ1) is 18.2. The van der Waals surface area contributed by atoms with E-state index in [9.17, 15) is 0 Å². The van der Waals surface area contributed by atoms with E-state index in [0.29, 0.717) is 6.04 Å². The summed E-state index contributed by atoms with van der Waals surface area (Å²) in [6, 6.07) is 0.541. The Morgan fingerprint density at radius 3 is 2.33 bits per heavy atom. The molecule has 0 aliphatic carbocycles. The summed E-state index contributed by atoms with van der Waals surface area (Å²) in [5.74, 6) is 0.805. The topological polar surface area (TPSA) is 62.3 Å². The number of piperidine rings is 1. The SMILES string of the molecule is Cl.Cl.c1nc(N2CCOCC2)ncc1NC1CCNCC1. The van der Waals surface area contributed by atoms with Crippen LogP contribution in [0.3, 0.4) is 0 Å². The van der Waals surface area contributed by atoms with Gasteiger partial charge in [-0.25, -0.2) is 9.97 Å². The molecule has 0 saturated carbocycles. The van der Waals surface area contributed by atoms with Gasteiger partial charge in [-0.05, 0) is 25.9 Å². The summed E-state index contributed by atoms with van der Waals surface area (Å²) in [5.41, 5.74) is 1.02. The van der Waals surface area contributed by atoms with Gasteiger partial charge >= 0.3 is 0 Å². The van der Waals surface area contributed by atoms with E-state index >= 15 is 0 Å². The molecule has 2 N–H and O–H groups in total. The first-order valence-corrected chi connectivity index (χ1v) is 7.04. The normalized spacial score (nSPS) is 19.3. The third kappa shape index (κ3) is 5.14. The van der Waals surface area contributed by atoms with Gasteiger partial charge in [-0.1, -0.05) is 0 Å². The van der Waals surface area contributed by atoms with Crippen molar-refractivity contribution in [2.45, 2.75) is 18.9 Å². The lowest BCUT2D eigenvalue weighted by molar-refractivity contribution is 0.122. The number of aromatic nitrogens is 2. The van der Waals surface area contributed by atoms with E-state index in [0.717, 1.165) is 63.9 Å². The Labute approximate surface area is 137 Å². The molecule has 8 heteroatoms. The third-order valence-corrected chi connectivity index (χ3v) is 3.64. The molecule has 3 heterocycles. The summed E-state index contributed by atoms with van der Waals surface area (Å²) in [4.78, 5) is 11.1. The van der Waals surface area contributed by atoms with Gasteiger partial charge in [0, 0.05) is 19.1 Å². The molecular formula is C13H23Cl2N5O. The predicted octanol–water partition coefficient (Wildman–Crippen LogP) is 1.32. The van der Waals surface area contributed by atoms with E-state index in [1.165, 1.54) is 0 Å². The van der Waals surface area contributed by atoms with Gasteiger partial charge in [0.15, 0.2) is 0 Å². The molecule has 0 atom stereocenters. The van der Waals surface area contributed by atoms with Gasteiger partial charge in [-0.2, -0.15) is 0 Å². The minimum atomic E-state index is 0. The Bertz CT molecular complexity index is 394. The molecule has 0 bridgehead atoms. The molecule has 2 fully saturated rings. The van der Waals surface area contributed by atoms with Crippen LogP contribution in [0.25, 0.3) is 0 Å². The van der Waals surface area contributed by atoms with E-state index < -0.39 is 0 Å². The Kier molecular flexibility index (Phi) is 8.03. The average Bonchev–Trinajstić information content (AvgIpc) is 2.50. The minimum Gasteiger partial charge on any atom is -0.380 e. The number of anilines is 2. The lowest BCUT2D eigenvalue weighted by atomic mass is 10.1. The summed E-state index contributed by atoms with van der Waals surface area (Å²) in [6.07, 6.45) is 6.09. The van der Waals surface area contributed by atoms with Crippen LogP contribution in [0, 0.1) is 0 Å². The molecule has 120 valence electrons. The molecule has 0 radical (unpaired) electrons. The monoisotopic (exact) mass is 335 g/mol. The second kappa shape index (κ2) is 9.25. The number of morpholine rings is 1. The molecule has 2 aliphatic heterocycles. The molecule has 1 aromatic rings. The molecule has 0 unspecified atom stereocenters. The van der Waals surface area contributed by atoms with Gasteiger partial charge < -0.3 is 20.3 Å². The maximum absolute atomic E-state index is 5.33. The summed E-state index contributed by atoms with van der Waals surface area (Å²) in [6.45, 7) is 5.45. The van der Waals surface area contributed by atoms with Crippen LogP contribution in [0.15, 0.2) is 12.4 Å². The van der Waals surface area contributed by atoms with E-state index in [1.807, 2.05) is 12.4 Å². The van der Waals surface area contributed by atoms with E-state index in [2.05, 4.69) is 25.5 Å². The number of nitrogens with zero attached hydrogens (tertiary/aromatic N) is 3. The highest BCUT2D eigenvalue weighted by atomic mass is 35.5. The molecule has 0 spiro atoms. The quantitative estimate of drug-likeness (QED) is 0.868. The average molecular weight is 336 g/mol. The van der Waals surface area contributed by atoms with Crippen LogP contribution in [-0.2, 0) is 4.74 Å². The minimum absolute atomic E-state index is 0. The highest BCUT2D eigenvalue weighted by Crippen LogP contribution is 2.14. The summed E-state index contributed by atoms with van der Waals surface area (Å²) in [5, 5.41) is 6.87. The molecule has 0 aromatic carbocycles. The molecule has 21 heavy (non-hydrogen) atoms. The Morgan fingerprint density at radius 1 is 1.10 bits per heavy atom. The zero-order valence-corrected chi connectivity index (χ0v) is 13.6. The largest absolute Gasteiger partial charge is 0.380 e. The van der Waals surface area contributed by atoms with E-state index in [-0.39, 0.29) is 24.8 Å². The van der Waals surface area contributed by atoms with Crippen molar-refractivity contribution >= 4 is 36.4 Å². The van der Waals surface area contributed by atoms with Crippen molar-refractivity contribution in [3.8, 4) is 0 Å². The van der Waals surface area contributed by atoms with Crippen LogP contribution >= 0.6 is 24.8 Å². The molecule has 2 aliphatic rings. The smallest absolute Gasteiger partial charge is 0.225 e. The highest BCUT2D eigenvalue weighted by molar-refractivity contribution is 5.85. The van der Waals surface area contributed by atoms with E-state index in [1.54, 1.807) is 0 Å². The van der Waals surface area contributed by atoms with Crippen molar-refractivity contribution in [3.63, 3.8) is 0 Å². The van der Waals surface area contributed by atoms with Gasteiger partial charge in [0.05, 0.1) is 31.3 Å². The van der Waals surface area contributed by atoms with Crippen LogP contribution in [0.5, 0.6) is 0 Å². The maximum atomic E-state index is 5.33. The standard InChI is InChI=1S/C13H21N5O.2ClH/c1-3-14-4-2-11(1)17-12-9-15-13(16-10-12)18-5-7-19-8-6-18;;/h9-11,14,17H,1-8H2;2*1H. The summed E-state index contributed by atoms with van der Waals surface area (Å²) >= 11 is 0. The van der Waals surface area contributed by atoms with Crippen molar-refractivity contribution in [2.24, 2.45) is 0 Å². The van der Waals surface area contributed by atoms with Crippen molar-refractivity contribution in [1.29, 1.82) is 0 Å².